The number of nitrogens with zero attached hydrogens (tertiary/aromatic N) is 1. The van der Waals surface area contributed by atoms with Gasteiger partial charge in [-0.2, -0.15) is 0 Å². The van der Waals surface area contributed by atoms with E-state index in [0.29, 0.717) is 38.5 Å². The van der Waals surface area contributed by atoms with E-state index in [-0.39, 0.29) is 6.23 Å². The standard InChI is InChI=1S/C18H41NO5Si/c1-9-22-25(23-10-2,24-11-3)14-12-13-21-18(17(8)20)19(15(4)5)16(6)7/h15-18,20H,9-14H2,1-8H3. The first kappa shape index (κ1) is 25.0. The second kappa shape index (κ2) is 13.2. The van der Waals surface area contributed by atoms with Gasteiger partial charge in [-0.25, -0.2) is 0 Å². The number of ether oxygens (including phenoxy) is 1. The summed E-state index contributed by atoms with van der Waals surface area (Å²) in [6, 6.07) is 1.31. The number of aliphatic hydroxyl groups is 1. The molecule has 0 aromatic heterocycles. The summed E-state index contributed by atoms with van der Waals surface area (Å²) in [4.78, 5) is 2.20. The summed E-state index contributed by atoms with van der Waals surface area (Å²) in [5.41, 5.74) is 0. The van der Waals surface area contributed by atoms with Crippen molar-refractivity contribution in [2.45, 2.75) is 92.3 Å². The van der Waals surface area contributed by atoms with Gasteiger partial charge in [0.05, 0.1) is 6.10 Å². The summed E-state index contributed by atoms with van der Waals surface area (Å²) in [5, 5.41) is 10.2. The van der Waals surface area contributed by atoms with Crippen molar-refractivity contribution in [1.29, 1.82) is 0 Å². The molecule has 0 aliphatic carbocycles. The second-order valence-corrected chi connectivity index (χ2v) is 9.45. The zero-order valence-corrected chi connectivity index (χ0v) is 18.6. The predicted octanol–water partition coefficient (Wildman–Crippen LogP) is 3.27. The molecular formula is C18H41NO5Si. The summed E-state index contributed by atoms with van der Waals surface area (Å²) in [7, 11) is -2.62. The third-order valence-electron chi connectivity index (χ3n) is 3.91. The van der Waals surface area contributed by atoms with Crippen LogP contribution in [0.3, 0.4) is 0 Å². The van der Waals surface area contributed by atoms with Crippen LogP contribution in [0.25, 0.3) is 0 Å². The molecule has 0 saturated carbocycles. The largest absolute Gasteiger partial charge is 0.501 e. The van der Waals surface area contributed by atoms with E-state index >= 15 is 0 Å². The van der Waals surface area contributed by atoms with Crippen molar-refractivity contribution in [1.82, 2.24) is 4.90 Å². The van der Waals surface area contributed by atoms with Gasteiger partial charge in [0.15, 0.2) is 0 Å². The maximum Gasteiger partial charge on any atom is 0.501 e. The summed E-state index contributed by atoms with van der Waals surface area (Å²) >= 11 is 0. The van der Waals surface area contributed by atoms with Crippen molar-refractivity contribution >= 4 is 8.80 Å². The van der Waals surface area contributed by atoms with Crippen LogP contribution in [0.5, 0.6) is 0 Å². The van der Waals surface area contributed by atoms with Gasteiger partial charge in [-0.15, -0.1) is 0 Å². The van der Waals surface area contributed by atoms with E-state index in [1.54, 1.807) is 6.92 Å². The summed E-state index contributed by atoms with van der Waals surface area (Å²) < 4.78 is 23.7. The van der Waals surface area contributed by atoms with Gasteiger partial charge in [0.1, 0.15) is 6.23 Å². The molecule has 0 amide bonds. The third-order valence-corrected chi connectivity index (χ3v) is 7.06. The molecule has 7 heteroatoms. The summed E-state index contributed by atoms with van der Waals surface area (Å²) in [5.74, 6) is 0. The molecule has 0 fully saturated rings. The minimum absolute atomic E-state index is 0.295. The normalized spacial score (nSPS) is 15.4. The third kappa shape index (κ3) is 8.95. The molecule has 152 valence electrons. The molecule has 0 aromatic rings. The van der Waals surface area contributed by atoms with Gasteiger partial charge in [0.2, 0.25) is 0 Å². The van der Waals surface area contributed by atoms with Gasteiger partial charge in [-0.3, -0.25) is 4.90 Å². The first-order valence-electron chi connectivity index (χ1n) is 9.73. The van der Waals surface area contributed by atoms with Crippen LogP contribution in [0.1, 0.15) is 61.8 Å². The molecule has 6 nitrogen and oxygen atoms in total. The van der Waals surface area contributed by atoms with Crippen LogP contribution in [-0.4, -0.2) is 69.7 Å². The Morgan fingerprint density at radius 1 is 0.840 bits per heavy atom. The maximum absolute atomic E-state index is 10.2. The SMILES string of the molecule is CCO[Si](CCCOC(C(C)O)N(C(C)C)C(C)C)(OCC)OCC. The highest BCUT2D eigenvalue weighted by molar-refractivity contribution is 6.60. The van der Waals surface area contributed by atoms with Crippen molar-refractivity contribution in [3.05, 3.63) is 0 Å². The Labute approximate surface area is 156 Å². The second-order valence-electron chi connectivity index (χ2n) is 6.72. The molecule has 0 heterocycles. The fourth-order valence-corrected chi connectivity index (χ4v) is 5.73. The van der Waals surface area contributed by atoms with Crippen molar-refractivity contribution in [2.24, 2.45) is 0 Å². The molecule has 25 heavy (non-hydrogen) atoms. The molecule has 0 aromatic carbocycles. The van der Waals surface area contributed by atoms with Crippen LogP contribution in [0, 0.1) is 0 Å². The monoisotopic (exact) mass is 379 g/mol. The predicted molar refractivity (Wildman–Crippen MR) is 104 cm³/mol. The van der Waals surface area contributed by atoms with E-state index in [4.69, 9.17) is 18.0 Å². The quantitative estimate of drug-likeness (QED) is 0.268. The fourth-order valence-electron chi connectivity index (χ4n) is 3.15. The average Bonchev–Trinajstić information content (AvgIpc) is 2.50. The molecule has 2 atom stereocenters. The zero-order chi connectivity index (χ0) is 19.5. The number of aliphatic hydroxyl groups excluding tert-OH is 1. The summed E-state index contributed by atoms with van der Waals surface area (Å²) in [6.07, 6.45) is -0.0979. The lowest BCUT2D eigenvalue weighted by Gasteiger charge is -2.39. The van der Waals surface area contributed by atoms with Crippen molar-refractivity contribution in [3.8, 4) is 0 Å². The molecule has 0 aliphatic rings. The lowest BCUT2D eigenvalue weighted by Crippen LogP contribution is -2.51. The highest BCUT2D eigenvalue weighted by Crippen LogP contribution is 2.20. The van der Waals surface area contributed by atoms with Crippen molar-refractivity contribution in [2.75, 3.05) is 26.4 Å². The molecule has 0 aliphatic heterocycles. The lowest BCUT2D eigenvalue weighted by molar-refractivity contribution is -0.141. The van der Waals surface area contributed by atoms with Crippen LogP contribution in [0.2, 0.25) is 6.04 Å². The number of rotatable bonds is 15. The Bertz CT molecular complexity index is 304. The zero-order valence-electron chi connectivity index (χ0n) is 17.6. The van der Waals surface area contributed by atoms with E-state index in [0.717, 1.165) is 12.5 Å². The Hall–Kier alpha value is -0.0231. The van der Waals surface area contributed by atoms with Crippen molar-refractivity contribution < 1.29 is 23.1 Å². The molecule has 0 spiro atoms. The van der Waals surface area contributed by atoms with Gasteiger partial charge in [0.25, 0.3) is 0 Å². The van der Waals surface area contributed by atoms with Gasteiger partial charge in [-0.05, 0) is 61.8 Å². The Morgan fingerprint density at radius 2 is 1.28 bits per heavy atom. The topological polar surface area (TPSA) is 60.4 Å². The minimum Gasteiger partial charge on any atom is -0.389 e. The molecule has 0 saturated heterocycles. The van der Waals surface area contributed by atoms with Crippen LogP contribution >= 0.6 is 0 Å². The lowest BCUT2D eigenvalue weighted by atomic mass is 10.2. The van der Waals surface area contributed by atoms with Crippen LogP contribution in [0.15, 0.2) is 0 Å². The van der Waals surface area contributed by atoms with Crippen LogP contribution < -0.4 is 0 Å². The van der Waals surface area contributed by atoms with E-state index in [2.05, 4.69) is 32.6 Å². The first-order chi connectivity index (χ1) is 11.7. The van der Waals surface area contributed by atoms with Gasteiger partial charge < -0.3 is 23.1 Å². The number of hydrogen-bond acceptors (Lipinski definition) is 6. The van der Waals surface area contributed by atoms with E-state index in [9.17, 15) is 5.11 Å². The Balaban J connectivity index is 4.75. The molecule has 2 unspecified atom stereocenters. The molecular weight excluding hydrogens is 338 g/mol. The van der Waals surface area contributed by atoms with Gasteiger partial charge in [-0.1, -0.05) is 0 Å². The van der Waals surface area contributed by atoms with E-state index in [1.807, 2.05) is 20.8 Å². The van der Waals surface area contributed by atoms with E-state index in [1.165, 1.54) is 0 Å². The summed E-state index contributed by atoms with van der Waals surface area (Å²) in [6.45, 7) is 18.4. The minimum atomic E-state index is -2.62. The highest BCUT2D eigenvalue weighted by atomic mass is 28.4. The fraction of sp³-hybridized carbons (Fsp3) is 1.00. The number of hydrogen-bond donors (Lipinski definition) is 1. The van der Waals surface area contributed by atoms with Gasteiger partial charge >= 0.3 is 8.80 Å². The molecule has 0 bridgehead atoms. The maximum atomic E-state index is 10.2. The van der Waals surface area contributed by atoms with E-state index < -0.39 is 14.9 Å². The molecule has 1 N–H and O–H groups in total. The smallest absolute Gasteiger partial charge is 0.389 e. The first-order valence-corrected chi connectivity index (χ1v) is 11.7. The van der Waals surface area contributed by atoms with Crippen LogP contribution in [-0.2, 0) is 18.0 Å². The Kier molecular flexibility index (Phi) is 13.2. The Morgan fingerprint density at radius 3 is 1.60 bits per heavy atom. The van der Waals surface area contributed by atoms with Gasteiger partial charge in [0, 0.05) is 44.6 Å². The molecule has 0 rings (SSSR count). The molecule has 0 radical (unpaired) electrons. The highest BCUT2D eigenvalue weighted by Gasteiger charge is 2.40. The van der Waals surface area contributed by atoms with Crippen LogP contribution in [0.4, 0.5) is 0 Å². The average molecular weight is 380 g/mol. The van der Waals surface area contributed by atoms with Crippen molar-refractivity contribution in [3.63, 3.8) is 0 Å².